The van der Waals surface area contributed by atoms with Gasteiger partial charge in [-0.05, 0) is 23.8 Å². The van der Waals surface area contributed by atoms with Crippen LogP contribution in [0.5, 0.6) is 0 Å². The van der Waals surface area contributed by atoms with Gasteiger partial charge in [0.2, 0.25) is 5.91 Å². The first-order valence-electron chi connectivity index (χ1n) is 9.13. The molecule has 0 radical (unpaired) electrons. The zero-order valence-corrected chi connectivity index (χ0v) is 15.2. The number of aromatic amines is 1. The van der Waals surface area contributed by atoms with Gasteiger partial charge in [0, 0.05) is 24.1 Å². The summed E-state index contributed by atoms with van der Waals surface area (Å²) in [5, 5.41) is 3.52. The lowest BCUT2D eigenvalue weighted by molar-refractivity contribution is -0.116. The summed E-state index contributed by atoms with van der Waals surface area (Å²) in [5.74, 6) is 0.384. The number of carbonyl (C=O) groups is 1. The quantitative estimate of drug-likeness (QED) is 0.555. The molecule has 0 saturated heterocycles. The lowest BCUT2D eigenvalue weighted by atomic mass is 10.0. The van der Waals surface area contributed by atoms with E-state index in [9.17, 15) is 9.59 Å². The van der Waals surface area contributed by atoms with Crippen LogP contribution in [0.2, 0.25) is 0 Å². The maximum atomic E-state index is 12.5. The Balaban J connectivity index is 1.48. The molecule has 1 heterocycles. The number of fused-ring (bicyclic) bond motifs is 1. The molecule has 4 aromatic rings. The molecule has 1 aromatic heterocycles. The van der Waals surface area contributed by atoms with E-state index in [1.54, 1.807) is 18.2 Å². The molecule has 0 aliphatic carbocycles. The Morgan fingerprint density at radius 3 is 2.46 bits per heavy atom. The second-order valence-corrected chi connectivity index (χ2v) is 6.49. The zero-order chi connectivity index (χ0) is 19.3. The molecule has 0 aliphatic heterocycles. The van der Waals surface area contributed by atoms with Crippen molar-refractivity contribution in [3.05, 3.63) is 95.0 Å². The second-order valence-electron chi connectivity index (χ2n) is 6.49. The predicted molar refractivity (Wildman–Crippen MR) is 111 cm³/mol. The maximum Gasteiger partial charge on any atom is 0.258 e. The number of rotatable bonds is 5. The van der Waals surface area contributed by atoms with Gasteiger partial charge in [0.15, 0.2) is 0 Å². The number of para-hydroxylation sites is 2. The summed E-state index contributed by atoms with van der Waals surface area (Å²) < 4.78 is 0. The molecule has 4 rings (SSSR count). The van der Waals surface area contributed by atoms with Crippen LogP contribution in [0.1, 0.15) is 12.2 Å². The smallest absolute Gasteiger partial charge is 0.258 e. The second kappa shape index (κ2) is 7.88. The number of H-pyrrole nitrogens is 1. The molecule has 0 spiro atoms. The number of nitrogens with zero attached hydrogens (tertiary/aromatic N) is 1. The van der Waals surface area contributed by atoms with Crippen molar-refractivity contribution in [2.75, 3.05) is 5.32 Å². The predicted octanol–water partition coefficient (Wildman–Crippen LogP) is 4.16. The van der Waals surface area contributed by atoms with E-state index >= 15 is 0 Å². The molecular formula is C23H19N3O2. The zero-order valence-electron chi connectivity index (χ0n) is 15.2. The molecule has 0 aliphatic rings. The molecule has 0 unspecified atom stereocenters. The molecule has 2 N–H and O–H groups in total. The van der Waals surface area contributed by atoms with Crippen molar-refractivity contribution in [2.45, 2.75) is 12.8 Å². The Hall–Kier alpha value is -3.73. The van der Waals surface area contributed by atoms with Crippen LogP contribution in [0.3, 0.4) is 0 Å². The number of aromatic nitrogens is 2. The molecule has 0 saturated carbocycles. The molecule has 28 heavy (non-hydrogen) atoms. The summed E-state index contributed by atoms with van der Waals surface area (Å²) in [6.45, 7) is 0. The number of hydrogen-bond acceptors (Lipinski definition) is 3. The molecule has 138 valence electrons. The van der Waals surface area contributed by atoms with E-state index < -0.39 is 0 Å². The van der Waals surface area contributed by atoms with Crippen molar-refractivity contribution in [1.29, 1.82) is 0 Å². The fourth-order valence-corrected chi connectivity index (χ4v) is 3.16. The average Bonchev–Trinajstić information content (AvgIpc) is 2.73. The van der Waals surface area contributed by atoms with Gasteiger partial charge in [0.1, 0.15) is 5.82 Å². The molecular weight excluding hydrogens is 350 g/mol. The molecule has 5 heteroatoms. The number of nitrogens with one attached hydrogen (secondary N) is 2. The minimum absolute atomic E-state index is 0.126. The van der Waals surface area contributed by atoms with E-state index in [0.717, 1.165) is 16.8 Å². The van der Waals surface area contributed by atoms with Crippen LogP contribution in [-0.2, 0) is 11.2 Å². The standard InChI is InChI=1S/C23H19N3O2/c27-22(15-14-21-24-20-13-7-5-11-18(20)23(28)26-21)25-19-12-6-4-10-17(19)16-8-2-1-3-9-16/h1-13H,14-15H2,(H,25,27)(H,24,26,28). The third-order valence-electron chi connectivity index (χ3n) is 4.54. The fraction of sp³-hybridized carbons (Fsp3) is 0.0870. The highest BCUT2D eigenvalue weighted by atomic mass is 16.1. The summed E-state index contributed by atoms with van der Waals surface area (Å²) in [7, 11) is 0. The molecule has 3 aromatic carbocycles. The molecule has 5 nitrogen and oxygen atoms in total. The van der Waals surface area contributed by atoms with Crippen LogP contribution >= 0.6 is 0 Å². The van der Waals surface area contributed by atoms with Gasteiger partial charge in [-0.25, -0.2) is 4.98 Å². The number of carbonyl (C=O) groups excluding carboxylic acids is 1. The van der Waals surface area contributed by atoms with Gasteiger partial charge in [0.25, 0.3) is 5.56 Å². The molecule has 0 bridgehead atoms. The minimum Gasteiger partial charge on any atom is -0.326 e. The van der Waals surface area contributed by atoms with Crippen LogP contribution in [0.15, 0.2) is 83.7 Å². The number of benzene rings is 3. The Morgan fingerprint density at radius 2 is 1.61 bits per heavy atom. The monoisotopic (exact) mass is 369 g/mol. The van der Waals surface area contributed by atoms with Gasteiger partial charge in [-0.15, -0.1) is 0 Å². The number of aryl methyl sites for hydroxylation is 1. The van der Waals surface area contributed by atoms with Crippen molar-refractivity contribution < 1.29 is 4.79 Å². The summed E-state index contributed by atoms with van der Waals surface area (Å²) >= 11 is 0. The summed E-state index contributed by atoms with van der Waals surface area (Å²) in [5.41, 5.74) is 3.22. The summed E-state index contributed by atoms with van der Waals surface area (Å²) in [6.07, 6.45) is 0.587. The van der Waals surface area contributed by atoms with Crippen LogP contribution in [0.4, 0.5) is 5.69 Å². The van der Waals surface area contributed by atoms with E-state index in [0.29, 0.717) is 23.1 Å². The lowest BCUT2D eigenvalue weighted by Gasteiger charge is -2.11. The number of amides is 1. The first-order valence-corrected chi connectivity index (χ1v) is 9.13. The van der Waals surface area contributed by atoms with Crippen molar-refractivity contribution in [2.24, 2.45) is 0 Å². The highest BCUT2D eigenvalue weighted by Gasteiger charge is 2.10. The van der Waals surface area contributed by atoms with Crippen LogP contribution < -0.4 is 10.9 Å². The van der Waals surface area contributed by atoms with E-state index in [1.165, 1.54) is 0 Å². The van der Waals surface area contributed by atoms with E-state index in [2.05, 4.69) is 15.3 Å². The topological polar surface area (TPSA) is 74.8 Å². The van der Waals surface area contributed by atoms with Gasteiger partial charge >= 0.3 is 0 Å². The average molecular weight is 369 g/mol. The van der Waals surface area contributed by atoms with Gasteiger partial charge in [-0.1, -0.05) is 60.7 Å². The van der Waals surface area contributed by atoms with E-state index in [-0.39, 0.29) is 17.9 Å². The molecule has 1 amide bonds. The third-order valence-corrected chi connectivity index (χ3v) is 4.54. The Morgan fingerprint density at radius 1 is 0.893 bits per heavy atom. The van der Waals surface area contributed by atoms with E-state index in [4.69, 9.17) is 0 Å². The summed E-state index contributed by atoms with van der Waals surface area (Å²) in [6, 6.07) is 24.8. The first kappa shape index (κ1) is 17.7. The van der Waals surface area contributed by atoms with Crippen LogP contribution in [0.25, 0.3) is 22.0 Å². The van der Waals surface area contributed by atoms with Gasteiger partial charge in [-0.2, -0.15) is 0 Å². The summed E-state index contributed by atoms with van der Waals surface area (Å²) in [4.78, 5) is 31.8. The van der Waals surface area contributed by atoms with Crippen molar-refractivity contribution in [1.82, 2.24) is 9.97 Å². The first-order chi connectivity index (χ1) is 13.7. The van der Waals surface area contributed by atoms with Crippen LogP contribution in [0, 0.1) is 0 Å². The Labute approximate surface area is 162 Å². The molecule has 0 fully saturated rings. The normalized spacial score (nSPS) is 10.7. The maximum absolute atomic E-state index is 12.5. The lowest BCUT2D eigenvalue weighted by Crippen LogP contribution is -2.16. The fourth-order valence-electron chi connectivity index (χ4n) is 3.16. The van der Waals surface area contributed by atoms with Crippen molar-refractivity contribution in [3.8, 4) is 11.1 Å². The van der Waals surface area contributed by atoms with E-state index in [1.807, 2.05) is 60.7 Å². The Bertz CT molecular complexity index is 1180. The third kappa shape index (κ3) is 3.83. The SMILES string of the molecule is O=C(CCc1nc2ccccc2c(=O)[nH]1)Nc1ccccc1-c1ccccc1. The van der Waals surface area contributed by atoms with Crippen molar-refractivity contribution >= 4 is 22.5 Å². The molecule has 0 atom stereocenters. The van der Waals surface area contributed by atoms with Crippen molar-refractivity contribution in [3.63, 3.8) is 0 Å². The highest BCUT2D eigenvalue weighted by Crippen LogP contribution is 2.27. The van der Waals surface area contributed by atoms with Gasteiger partial charge in [-0.3, -0.25) is 9.59 Å². The van der Waals surface area contributed by atoms with Crippen LogP contribution in [-0.4, -0.2) is 15.9 Å². The van der Waals surface area contributed by atoms with Gasteiger partial charge < -0.3 is 10.3 Å². The minimum atomic E-state index is -0.185. The largest absolute Gasteiger partial charge is 0.326 e. The van der Waals surface area contributed by atoms with Gasteiger partial charge in [0.05, 0.1) is 10.9 Å². The number of hydrogen-bond donors (Lipinski definition) is 2. The highest BCUT2D eigenvalue weighted by molar-refractivity contribution is 5.95. The Kier molecular flexibility index (Phi) is 4.97. The number of anilines is 1.